The molecule has 0 aliphatic carbocycles. The van der Waals surface area contributed by atoms with Crippen molar-refractivity contribution in [3.63, 3.8) is 0 Å². The molecule has 0 heterocycles. The Kier molecular flexibility index (Phi) is 10.0. The lowest BCUT2D eigenvalue weighted by Gasteiger charge is -2.46. The van der Waals surface area contributed by atoms with E-state index in [2.05, 4.69) is 0 Å². The summed E-state index contributed by atoms with van der Waals surface area (Å²) in [5.74, 6) is 0. The second kappa shape index (κ2) is 12.0. The van der Waals surface area contributed by atoms with Crippen molar-refractivity contribution in [1.82, 2.24) is 0 Å². The van der Waals surface area contributed by atoms with Gasteiger partial charge in [0.05, 0.1) is 6.61 Å². The van der Waals surface area contributed by atoms with Gasteiger partial charge in [0.15, 0.2) is 0 Å². The van der Waals surface area contributed by atoms with Crippen LogP contribution in [0, 0.1) is 41.5 Å². The first-order valence-electron chi connectivity index (χ1n) is 12.6. The van der Waals surface area contributed by atoms with E-state index >= 15 is 0 Å². The van der Waals surface area contributed by atoms with Crippen LogP contribution in [0.4, 0.5) is 0 Å². The van der Waals surface area contributed by atoms with Crippen LogP contribution in [-0.4, -0.2) is 66.8 Å². The van der Waals surface area contributed by atoms with Crippen LogP contribution in [0.3, 0.4) is 0 Å². The van der Waals surface area contributed by atoms with E-state index < -0.39 is 36.1 Å². The van der Waals surface area contributed by atoms with Crippen molar-refractivity contribution >= 4 is 0 Å². The Bertz CT molecular complexity index is 1080. The number of aliphatic hydroxyl groups is 6. The molecular weight excluding hydrogens is 456 g/mol. The van der Waals surface area contributed by atoms with Crippen molar-refractivity contribution in [3.8, 4) is 0 Å². The largest absolute Gasteiger partial charge is 0.394 e. The molecule has 6 heteroatoms. The van der Waals surface area contributed by atoms with E-state index in [4.69, 9.17) is 0 Å². The zero-order valence-corrected chi connectivity index (χ0v) is 22.7. The average molecular weight is 501 g/mol. The molecule has 0 aromatic heterocycles. The van der Waals surface area contributed by atoms with Gasteiger partial charge >= 0.3 is 0 Å². The highest BCUT2D eigenvalue weighted by atomic mass is 16.4. The van der Waals surface area contributed by atoms with Gasteiger partial charge in [0.2, 0.25) is 0 Å². The standard InChI is InChI=1S/C30H44O6/c1-8-9-14-29(35,15-24-12-10-18(2)20(4)22(24)6)28(34)30(36,27(33)26(32)17-31)16-25-13-11-19(3)21(5)23(25)7/h8-13,26-28,31-36H,14-17H2,1-7H3/b9-8+/t26-,27+,28+,29?,30+/m0/s1. The minimum Gasteiger partial charge on any atom is -0.394 e. The summed E-state index contributed by atoms with van der Waals surface area (Å²) in [6.45, 7) is 12.8. The summed E-state index contributed by atoms with van der Waals surface area (Å²) >= 11 is 0. The van der Waals surface area contributed by atoms with Crippen LogP contribution in [0.25, 0.3) is 0 Å². The molecule has 6 N–H and O–H groups in total. The predicted octanol–water partition coefficient (Wildman–Crippen LogP) is 2.83. The Morgan fingerprint density at radius 1 is 0.750 bits per heavy atom. The molecule has 6 nitrogen and oxygen atoms in total. The third-order valence-corrected chi connectivity index (χ3v) is 8.06. The van der Waals surface area contributed by atoms with Gasteiger partial charge < -0.3 is 30.6 Å². The van der Waals surface area contributed by atoms with Crippen LogP contribution in [0.1, 0.15) is 57.9 Å². The van der Waals surface area contributed by atoms with Gasteiger partial charge in [0.25, 0.3) is 0 Å². The SMILES string of the molecule is C/C=C/CC(O)(Cc1ccc(C)c(C)c1C)[C@@H](O)[C@@](O)(Cc1ccc(C)c(C)c1C)[C@H](O)[C@@H](O)CO. The highest BCUT2D eigenvalue weighted by Gasteiger charge is 2.54. The zero-order valence-electron chi connectivity index (χ0n) is 22.7. The van der Waals surface area contributed by atoms with E-state index in [0.717, 1.165) is 38.9 Å². The first-order chi connectivity index (χ1) is 16.7. The summed E-state index contributed by atoms with van der Waals surface area (Å²) < 4.78 is 0. The van der Waals surface area contributed by atoms with Gasteiger partial charge in [0, 0.05) is 12.8 Å². The third-order valence-electron chi connectivity index (χ3n) is 8.06. The molecule has 0 amide bonds. The molecule has 0 aliphatic heterocycles. The molecule has 0 saturated carbocycles. The van der Waals surface area contributed by atoms with Crippen LogP contribution in [0.2, 0.25) is 0 Å². The summed E-state index contributed by atoms with van der Waals surface area (Å²) in [5.41, 5.74) is 3.35. The fraction of sp³-hybridized carbons (Fsp3) is 0.533. The number of rotatable bonds is 11. The highest BCUT2D eigenvalue weighted by Crippen LogP contribution is 2.36. The molecular formula is C30H44O6. The number of hydrogen-bond acceptors (Lipinski definition) is 6. The van der Waals surface area contributed by atoms with Crippen molar-refractivity contribution < 1.29 is 30.6 Å². The summed E-state index contributed by atoms with van der Waals surface area (Å²) in [6.07, 6.45) is -2.26. The van der Waals surface area contributed by atoms with Crippen LogP contribution in [0.15, 0.2) is 36.4 Å². The molecule has 0 aliphatic rings. The van der Waals surface area contributed by atoms with Crippen molar-refractivity contribution in [2.75, 3.05) is 6.61 Å². The van der Waals surface area contributed by atoms with Gasteiger partial charge in [-0.1, -0.05) is 36.4 Å². The summed E-state index contributed by atoms with van der Waals surface area (Å²) in [6, 6.07) is 7.56. The fourth-order valence-electron chi connectivity index (χ4n) is 4.91. The number of hydrogen-bond donors (Lipinski definition) is 6. The zero-order chi connectivity index (χ0) is 27.4. The molecule has 2 aromatic rings. The van der Waals surface area contributed by atoms with Gasteiger partial charge in [-0.25, -0.2) is 0 Å². The quantitative estimate of drug-likeness (QED) is 0.264. The van der Waals surface area contributed by atoms with Crippen LogP contribution in [0.5, 0.6) is 0 Å². The summed E-state index contributed by atoms with van der Waals surface area (Å²) in [4.78, 5) is 0. The van der Waals surface area contributed by atoms with E-state index in [1.165, 1.54) is 0 Å². The maximum atomic E-state index is 11.9. The normalized spacial score (nSPS) is 18.0. The van der Waals surface area contributed by atoms with Crippen LogP contribution >= 0.6 is 0 Å². The summed E-state index contributed by atoms with van der Waals surface area (Å²) in [5, 5.41) is 66.4. The van der Waals surface area contributed by atoms with Gasteiger partial charge in [-0.2, -0.15) is 0 Å². The first kappa shape index (κ1) is 30.2. The lowest BCUT2D eigenvalue weighted by Crippen LogP contribution is -2.66. The minimum absolute atomic E-state index is 0.00713. The second-order valence-corrected chi connectivity index (χ2v) is 10.4. The predicted molar refractivity (Wildman–Crippen MR) is 143 cm³/mol. The number of benzene rings is 2. The van der Waals surface area contributed by atoms with Crippen molar-refractivity contribution in [1.29, 1.82) is 0 Å². The maximum Gasteiger partial charge on any atom is 0.126 e. The smallest absolute Gasteiger partial charge is 0.126 e. The Labute approximate surface area is 215 Å². The molecule has 0 fully saturated rings. The molecule has 2 rings (SSSR count). The monoisotopic (exact) mass is 500 g/mol. The van der Waals surface area contributed by atoms with Gasteiger partial charge in [-0.3, -0.25) is 0 Å². The summed E-state index contributed by atoms with van der Waals surface area (Å²) in [7, 11) is 0. The number of aliphatic hydroxyl groups excluding tert-OH is 4. The topological polar surface area (TPSA) is 121 Å². The molecule has 5 atom stereocenters. The van der Waals surface area contributed by atoms with Crippen molar-refractivity contribution in [2.24, 2.45) is 0 Å². The van der Waals surface area contributed by atoms with Gasteiger partial charge in [-0.05, 0) is 99.4 Å². The first-order valence-corrected chi connectivity index (χ1v) is 12.6. The third kappa shape index (κ3) is 6.08. The fourth-order valence-corrected chi connectivity index (χ4v) is 4.91. The Morgan fingerprint density at radius 2 is 1.22 bits per heavy atom. The molecule has 2 aromatic carbocycles. The molecule has 0 radical (unpaired) electrons. The molecule has 36 heavy (non-hydrogen) atoms. The van der Waals surface area contributed by atoms with Gasteiger partial charge in [-0.15, -0.1) is 0 Å². The van der Waals surface area contributed by atoms with Crippen LogP contribution in [-0.2, 0) is 12.8 Å². The van der Waals surface area contributed by atoms with Crippen LogP contribution < -0.4 is 0 Å². The Balaban J connectivity index is 2.65. The maximum absolute atomic E-state index is 11.9. The molecule has 0 saturated heterocycles. The minimum atomic E-state index is -2.36. The molecule has 200 valence electrons. The number of aryl methyl sites for hydroxylation is 2. The molecule has 1 unspecified atom stereocenters. The van der Waals surface area contributed by atoms with E-state index in [1.54, 1.807) is 19.1 Å². The molecule has 0 bridgehead atoms. The Hall–Kier alpha value is -2.06. The van der Waals surface area contributed by atoms with E-state index in [1.807, 2.05) is 65.8 Å². The molecule has 0 spiro atoms. The Morgan fingerprint density at radius 3 is 1.67 bits per heavy atom. The van der Waals surface area contributed by atoms with E-state index in [9.17, 15) is 30.6 Å². The van der Waals surface area contributed by atoms with Crippen molar-refractivity contribution in [2.45, 2.75) is 97.2 Å². The van der Waals surface area contributed by atoms with Crippen molar-refractivity contribution in [3.05, 3.63) is 80.9 Å². The average Bonchev–Trinajstić information content (AvgIpc) is 2.86. The lowest BCUT2D eigenvalue weighted by molar-refractivity contribution is -0.228. The van der Waals surface area contributed by atoms with Gasteiger partial charge in [0.1, 0.15) is 29.5 Å². The van der Waals surface area contributed by atoms with E-state index in [-0.39, 0.29) is 19.3 Å². The second-order valence-electron chi connectivity index (χ2n) is 10.4. The lowest BCUT2D eigenvalue weighted by atomic mass is 9.71. The highest BCUT2D eigenvalue weighted by molar-refractivity contribution is 5.41. The van der Waals surface area contributed by atoms with E-state index in [0.29, 0.717) is 5.56 Å². The number of allylic oxidation sites excluding steroid dienone is 1.